The maximum absolute atomic E-state index is 11.8. The molecule has 20 heavy (non-hydrogen) atoms. The van der Waals surface area contributed by atoms with Gasteiger partial charge in [0.15, 0.2) is 0 Å². The molecule has 0 unspecified atom stereocenters. The molecule has 0 radical (unpaired) electrons. The maximum atomic E-state index is 11.8. The summed E-state index contributed by atoms with van der Waals surface area (Å²) in [5.41, 5.74) is 5.27. The highest BCUT2D eigenvalue weighted by atomic mass is 35.5. The van der Waals surface area contributed by atoms with Gasteiger partial charge >= 0.3 is 0 Å². The molecule has 2 aromatic rings. The zero-order valence-corrected chi connectivity index (χ0v) is 11.7. The fraction of sp³-hybridized carbons (Fsp3) is 0. The third-order valence-corrected chi connectivity index (χ3v) is 3.10. The van der Waals surface area contributed by atoms with E-state index in [2.05, 4.69) is 10.9 Å². The average molecular weight is 309 g/mol. The SMILES string of the molecule is O=C(NNC(=O)c1ccccc1Cl)c1ccc(Cl)cc1. The summed E-state index contributed by atoms with van der Waals surface area (Å²) >= 11 is 11.6. The summed E-state index contributed by atoms with van der Waals surface area (Å²) in [6.45, 7) is 0. The first-order chi connectivity index (χ1) is 9.58. The van der Waals surface area contributed by atoms with E-state index < -0.39 is 11.8 Å². The van der Waals surface area contributed by atoms with E-state index >= 15 is 0 Å². The topological polar surface area (TPSA) is 58.2 Å². The van der Waals surface area contributed by atoms with E-state index in [9.17, 15) is 9.59 Å². The second-order valence-corrected chi connectivity index (χ2v) is 4.74. The van der Waals surface area contributed by atoms with Crippen molar-refractivity contribution in [2.45, 2.75) is 0 Å². The third-order valence-electron chi connectivity index (χ3n) is 2.51. The smallest absolute Gasteiger partial charge is 0.267 e. The van der Waals surface area contributed by atoms with Crippen LogP contribution in [0.3, 0.4) is 0 Å². The Balaban J connectivity index is 1.99. The summed E-state index contributed by atoms with van der Waals surface area (Å²) in [6.07, 6.45) is 0. The molecule has 102 valence electrons. The Hall–Kier alpha value is -2.04. The van der Waals surface area contributed by atoms with Crippen molar-refractivity contribution >= 4 is 35.0 Å². The Morgan fingerprint density at radius 1 is 0.800 bits per heavy atom. The third kappa shape index (κ3) is 3.50. The average Bonchev–Trinajstić information content (AvgIpc) is 2.45. The second kappa shape index (κ2) is 6.41. The van der Waals surface area contributed by atoms with E-state index in [4.69, 9.17) is 23.2 Å². The number of hydrazine groups is 1. The Morgan fingerprint density at radius 3 is 2.05 bits per heavy atom. The minimum atomic E-state index is -0.488. The molecule has 4 nitrogen and oxygen atoms in total. The highest BCUT2D eigenvalue weighted by Gasteiger charge is 2.11. The van der Waals surface area contributed by atoms with Gasteiger partial charge in [0.05, 0.1) is 10.6 Å². The molecule has 0 heterocycles. The fourth-order valence-corrected chi connectivity index (χ4v) is 1.85. The zero-order valence-electron chi connectivity index (χ0n) is 10.2. The molecular formula is C14H10Cl2N2O2. The normalized spacial score (nSPS) is 9.90. The van der Waals surface area contributed by atoms with Crippen molar-refractivity contribution in [3.05, 3.63) is 69.7 Å². The first kappa shape index (κ1) is 14.4. The van der Waals surface area contributed by atoms with E-state index in [-0.39, 0.29) is 5.56 Å². The molecule has 2 rings (SSSR count). The lowest BCUT2D eigenvalue weighted by molar-refractivity contribution is 0.0847. The van der Waals surface area contributed by atoms with Crippen molar-refractivity contribution in [3.63, 3.8) is 0 Å². The van der Waals surface area contributed by atoms with Crippen molar-refractivity contribution in [1.82, 2.24) is 10.9 Å². The molecule has 0 aliphatic heterocycles. The minimum absolute atomic E-state index is 0.283. The van der Waals surface area contributed by atoms with Gasteiger partial charge < -0.3 is 0 Å². The lowest BCUT2D eigenvalue weighted by Gasteiger charge is -2.08. The molecule has 2 aromatic carbocycles. The van der Waals surface area contributed by atoms with Gasteiger partial charge in [0.2, 0.25) is 0 Å². The summed E-state index contributed by atoms with van der Waals surface area (Å²) in [5, 5.41) is 0.840. The second-order valence-electron chi connectivity index (χ2n) is 3.89. The van der Waals surface area contributed by atoms with Crippen LogP contribution in [-0.4, -0.2) is 11.8 Å². The van der Waals surface area contributed by atoms with Crippen LogP contribution in [0.4, 0.5) is 0 Å². The molecule has 2 amide bonds. The van der Waals surface area contributed by atoms with Crippen LogP contribution in [0.25, 0.3) is 0 Å². The number of halogens is 2. The quantitative estimate of drug-likeness (QED) is 0.838. The van der Waals surface area contributed by atoms with Crippen LogP contribution in [0, 0.1) is 0 Å². The van der Waals surface area contributed by atoms with Crippen LogP contribution in [0.5, 0.6) is 0 Å². The summed E-state index contributed by atoms with van der Waals surface area (Å²) in [7, 11) is 0. The minimum Gasteiger partial charge on any atom is -0.267 e. The number of carbonyl (C=O) groups excluding carboxylic acids is 2. The van der Waals surface area contributed by atoms with Crippen LogP contribution in [0.15, 0.2) is 48.5 Å². The Bertz CT molecular complexity index is 642. The van der Waals surface area contributed by atoms with Crippen LogP contribution in [0.1, 0.15) is 20.7 Å². The monoisotopic (exact) mass is 308 g/mol. The fourth-order valence-electron chi connectivity index (χ4n) is 1.50. The number of amides is 2. The van der Waals surface area contributed by atoms with Gasteiger partial charge in [0.25, 0.3) is 11.8 Å². The molecule has 0 atom stereocenters. The molecular weight excluding hydrogens is 299 g/mol. The number of rotatable bonds is 2. The molecule has 0 aromatic heterocycles. The molecule has 6 heteroatoms. The summed E-state index contributed by atoms with van der Waals surface area (Å²) < 4.78 is 0. The molecule has 0 aliphatic rings. The van der Waals surface area contributed by atoms with Gasteiger partial charge in [0.1, 0.15) is 0 Å². The Kier molecular flexibility index (Phi) is 4.61. The standard InChI is InChI=1S/C14H10Cl2N2O2/c15-10-7-5-9(6-8-10)13(19)17-18-14(20)11-3-1-2-4-12(11)16/h1-8H,(H,17,19)(H,18,20). The highest BCUT2D eigenvalue weighted by Crippen LogP contribution is 2.14. The zero-order chi connectivity index (χ0) is 14.5. The molecule has 0 bridgehead atoms. The lowest BCUT2D eigenvalue weighted by atomic mass is 10.2. The van der Waals surface area contributed by atoms with E-state index in [0.717, 1.165) is 0 Å². The Labute approximate surface area is 125 Å². The predicted octanol–water partition coefficient (Wildman–Crippen LogP) is 3.07. The number of hydrogen-bond acceptors (Lipinski definition) is 2. The lowest BCUT2D eigenvalue weighted by Crippen LogP contribution is -2.41. The maximum Gasteiger partial charge on any atom is 0.271 e. The van der Waals surface area contributed by atoms with E-state index in [0.29, 0.717) is 15.6 Å². The van der Waals surface area contributed by atoms with Crippen molar-refractivity contribution in [3.8, 4) is 0 Å². The number of nitrogens with one attached hydrogen (secondary N) is 2. The van der Waals surface area contributed by atoms with Gasteiger partial charge in [-0.3, -0.25) is 20.4 Å². The molecule has 0 saturated heterocycles. The largest absolute Gasteiger partial charge is 0.271 e. The van der Waals surface area contributed by atoms with Gasteiger partial charge in [-0.1, -0.05) is 35.3 Å². The summed E-state index contributed by atoms with van der Waals surface area (Å²) in [5.74, 6) is -0.931. The van der Waals surface area contributed by atoms with E-state index in [1.54, 1.807) is 48.5 Å². The number of hydrogen-bond donors (Lipinski definition) is 2. The van der Waals surface area contributed by atoms with Gasteiger partial charge in [-0.2, -0.15) is 0 Å². The molecule has 2 N–H and O–H groups in total. The van der Waals surface area contributed by atoms with Gasteiger partial charge in [0, 0.05) is 10.6 Å². The summed E-state index contributed by atoms with van der Waals surface area (Å²) in [4.78, 5) is 23.6. The van der Waals surface area contributed by atoms with Crippen molar-refractivity contribution in [2.24, 2.45) is 0 Å². The number of benzene rings is 2. The summed E-state index contributed by atoms with van der Waals surface area (Å²) in [6, 6.07) is 12.8. The van der Waals surface area contributed by atoms with Gasteiger partial charge in [-0.05, 0) is 36.4 Å². The molecule has 0 spiro atoms. The van der Waals surface area contributed by atoms with E-state index in [1.165, 1.54) is 0 Å². The van der Waals surface area contributed by atoms with Crippen molar-refractivity contribution in [2.75, 3.05) is 0 Å². The van der Waals surface area contributed by atoms with Crippen LogP contribution in [0.2, 0.25) is 10.0 Å². The van der Waals surface area contributed by atoms with E-state index in [1.807, 2.05) is 0 Å². The first-order valence-corrected chi connectivity index (χ1v) is 6.44. The predicted molar refractivity (Wildman–Crippen MR) is 77.8 cm³/mol. The van der Waals surface area contributed by atoms with Crippen LogP contribution >= 0.6 is 23.2 Å². The van der Waals surface area contributed by atoms with Crippen molar-refractivity contribution < 1.29 is 9.59 Å². The van der Waals surface area contributed by atoms with Crippen molar-refractivity contribution in [1.29, 1.82) is 0 Å². The molecule has 0 fully saturated rings. The first-order valence-electron chi connectivity index (χ1n) is 5.68. The molecule has 0 aliphatic carbocycles. The molecule has 0 saturated carbocycles. The Morgan fingerprint density at radius 2 is 1.40 bits per heavy atom. The van der Waals surface area contributed by atoms with Gasteiger partial charge in [-0.15, -0.1) is 0 Å². The van der Waals surface area contributed by atoms with Crippen LogP contribution in [-0.2, 0) is 0 Å². The highest BCUT2D eigenvalue weighted by molar-refractivity contribution is 6.33. The van der Waals surface area contributed by atoms with Gasteiger partial charge in [-0.25, -0.2) is 0 Å². The van der Waals surface area contributed by atoms with Crippen LogP contribution < -0.4 is 10.9 Å². The number of carbonyl (C=O) groups is 2.